The summed E-state index contributed by atoms with van der Waals surface area (Å²) in [6, 6.07) is 1.44. The molecule has 0 bridgehead atoms. The van der Waals surface area contributed by atoms with Crippen LogP contribution in [-0.4, -0.2) is 29.2 Å². The van der Waals surface area contributed by atoms with Crippen molar-refractivity contribution in [2.45, 2.75) is 35.9 Å². The zero-order chi connectivity index (χ0) is 17.7. The van der Waals surface area contributed by atoms with Crippen molar-refractivity contribution < 1.29 is 0 Å². The highest BCUT2D eigenvalue weighted by Crippen LogP contribution is 2.33. The molecule has 0 N–H and O–H groups in total. The van der Waals surface area contributed by atoms with Gasteiger partial charge in [0.05, 0.1) is 0 Å². The Bertz CT molecular complexity index is 1240. The molecule has 0 fully saturated rings. The lowest BCUT2D eigenvalue weighted by Crippen LogP contribution is -2.21. The SMILES string of the molecule is CCc1c(C)nc2sc(Sc3nn4c(=O)cc(C)nc4s3)nn2c1=O. The molecule has 4 aromatic heterocycles. The first-order valence-electron chi connectivity index (χ1n) is 7.41. The van der Waals surface area contributed by atoms with Crippen molar-refractivity contribution in [2.24, 2.45) is 0 Å². The molecule has 4 rings (SSSR count). The summed E-state index contributed by atoms with van der Waals surface area (Å²) in [6.45, 7) is 5.53. The lowest BCUT2D eigenvalue weighted by atomic mass is 10.2. The van der Waals surface area contributed by atoms with Gasteiger partial charge in [-0.05, 0) is 32.0 Å². The van der Waals surface area contributed by atoms with Crippen LogP contribution < -0.4 is 11.1 Å². The fourth-order valence-corrected chi connectivity index (χ4v) is 5.59. The predicted octanol–water partition coefficient (Wildman–Crippen LogP) is 1.95. The minimum atomic E-state index is -0.212. The summed E-state index contributed by atoms with van der Waals surface area (Å²) < 4.78 is 3.88. The van der Waals surface area contributed by atoms with Crippen molar-refractivity contribution in [1.82, 2.24) is 29.2 Å². The van der Waals surface area contributed by atoms with Gasteiger partial charge in [-0.2, -0.15) is 9.03 Å². The predicted molar refractivity (Wildman–Crippen MR) is 97.2 cm³/mol. The minimum absolute atomic E-state index is 0.133. The molecule has 0 aliphatic rings. The molecule has 0 saturated heterocycles. The van der Waals surface area contributed by atoms with Gasteiger partial charge in [0, 0.05) is 23.0 Å². The van der Waals surface area contributed by atoms with Crippen LogP contribution in [0.25, 0.3) is 9.92 Å². The quantitative estimate of drug-likeness (QED) is 0.526. The molecule has 0 atom stereocenters. The van der Waals surface area contributed by atoms with E-state index < -0.39 is 0 Å². The van der Waals surface area contributed by atoms with E-state index in [2.05, 4.69) is 20.2 Å². The Morgan fingerprint density at radius 2 is 1.68 bits per heavy atom. The number of hydrogen-bond donors (Lipinski definition) is 0. The number of hydrogen-bond acceptors (Lipinski definition) is 9. The average molecular weight is 392 g/mol. The second kappa shape index (κ2) is 6.00. The smallest absolute Gasteiger partial charge is 0.267 e. The van der Waals surface area contributed by atoms with Crippen LogP contribution in [0.2, 0.25) is 0 Å². The van der Waals surface area contributed by atoms with Gasteiger partial charge in [-0.15, -0.1) is 10.2 Å². The highest BCUT2D eigenvalue weighted by molar-refractivity contribution is 8.02. The molecule has 0 aliphatic carbocycles. The van der Waals surface area contributed by atoms with E-state index in [-0.39, 0.29) is 11.1 Å². The Kier molecular flexibility index (Phi) is 3.93. The van der Waals surface area contributed by atoms with Crippen molar-refractivity contribution in [3.05, 3.63) is 43.7 Å². The van der Waals surface area contributed by atoms with Crippen LogP contribution in [0.1, 0.15) is 23.9 Å². The molecule has 25 heavy (non-hydrogen) atoms. The van der Waals surface area contributed by atoms with Gasteiger partial charge in [0.1, 0.15) is 0 Å². The van der Waals surface area contributed by atoms with E-state index in [0.717, 1.165) is 5.69 Å². The van der Waals surface area contributed by atoms with Gasteiger partial charge in [0.15, 0.2) is 8.68 Å². The molecular formula is C14H12N6O2S3. The number of aryl methyl sites for hydroxylation is 2. The summed E-state index contributed by atoms with van der Waals surface area (Å²) in [5.41, 5.74) is 1.72. The van der Waals surface area contributed by atoms with E-state index in [1.807, 2.05) is 13.8 Å². The van der Waals surface area contributed by atoms with Gasteiger partial charge >= 0.3 is 0 Å². The fourth-order valence-electron chi connectivity index (χ4n) is 2.43. The molecule has 0 unspecified atom stereocenters. The summed E-state index contributed by atoms with van der Waals surface area (Å²) >= 11 is 3.92. The average Bonchev–Trinajstić information content (AvgIpc) is 3.11. The molecule has 0 aromatic carbocycles. The highest BCUT2D eigenvalue weighted by atomic mass is 32.2. The number of fused-ring (bicyclic) bond motifs is 2. The van der Waals surface area contributed by atoms with Crippen LogP contribution in [0.15, 0.2) is 24.3 Å². The van der Waals surface area contributed by atoms with E-state index in [0.29, 0.717) is 36.3 Å². The van der Waals surface area contributed by atoms with Crippen LogP contribution in [0, 0.1) is 13.8 Å². The summed E-state index contributed by atoms with van der Waals surface area (Å²) in [7, 11) is 0. The first kappa shape index (κ1) is 16.4. The second-order valence-electron chi connectivity index (χ2n) is 5.30. The number of rotatable bonds is 3. The molecule has 0 saturated carbocycles. The summed E-state index contributed by atoms with van der Waals surface area (Å²) in [6.07, 6.45) is 0.617. The third-order valence-corrected chi connectivity index (χ3v) is 6.49. The Labute approximate surface area is 153 Å². The van der Waals surface area contributed by atoms with Crippen molar-refractivity contribution in [1.29, 1.82) is 0 Å². The Hall–Kier alpha value is -2.11. The van der Waals surface area contributed by atoms with Gasteiger partial charge in [-0.1, -0.05) is 29.6 Å². The maximum absolute atomic E-state index is 12.5. The first-order valence-corrected chi connectivity index (χ1v) is 9.86. The van der Waals surface area contributed by atoms with Crippen molar-refractivity contribution >= 4 is 44.4 Å². The van der Waals surface area contributed by atoms with Gasteiger partial charge in [0.2, 0.25) is 9.92 Å². The van der Waals surface area contributed by atoms with Gasteiger partial charge < -0.3 is 0 Å². The second-order valence-corrected chi connectivity index (χ2v) is 8.70. The zero-order valence-electron chi connectivity index (χ0n) is 13.5. The minimum Gasteiger partial charge on any atom is -0.267 e. The maximum atomic E-state index is 12.5. The molecule has 4 aromatic rings. The lowest BCUT2D eigenvalue weighted by molar-refractivity contribution is 0.821. The van der Waals surface area contributed by atoms with E-state index in [9.17, 15) is 9.59 Å². The molecule has 4 heterocycles. The van der Waals surface area contributed by atoms with Crippen LogP contribution in [0.4, 0.5) is 0 Å². The lowest BCUT2D eigenvalue weighted by Gasteiger charge is -1.99. The molecule has 0 aliphatic heterocycles. The third kappa shape index (κ3) is 2.77. The number of aromatic nitrogens is 6. The summed E-state index contributed by atoms with van der Waals surface area (Å²) in [5, 5.41) is 8.62. The van der Waals surface area contributed by atoms with E-state index >= 15 is 0 Å². The Morgan fingerprint density at radius 3 is 2.36 bits per heavy atom. The van der Waals surface area contributed by atoms with Gasteiger partial charge in [-0.3, -0.25) is 9.59 Å². The summed E-state index contributed by atoms with van der Waals surface area (Å²) in [4.78, 5) is 34.3. The monoisotopic (exact) mass is 392 g/mol. The largest absolute Gasteiger partial charge is 0.278 e. The van der Waals surface area contributed by atoms with Crippen LogP contribution in [0.5, 0.6) is 0 Å². The maximum Gasteiger partial charge on any atom is 0.278 e. The van der Waals surface area contributed by atoms with E-state index in [1.54, 1.807) is 6.92 Å². The van der Waals surface area contributed by atoms with Gasteiger partial charge in [-0.25, -0.2) is 9.97 Å². The van der Waals surface area contributed by atoms with E-state index in [1.165, 1.54) is 49.5 Å². The molecule has 0 spiro atoms. The first-order chi connectivity index (χ1) is 12.0. The third-order valence-electron chi connectivity index (χ3n) is 3.57. The molecule has 0 amide bonds. The van der Waals surface area contributed by atoms with Crippen LogP contribution in [-0.2, 0) is 6.42 Å². The highest BCUT2D eigenvalue weighted by Gasteiger charge is 2.15. The van der Waals surface area contributed by atoms with Crippen LogP contribution in [0.3, 0.4) is 0 Å². The standard InChI is InChI=1S/C14H12N6O2S3/c1-4-8-7(3)16-12-20(10(8)22)18-14(24-12)25-13-17-19-9(21)5-6(2)15-11(19)23-13/h5H,4H2,1-3H3. The Balaban J connectivity index is 1.78. The zero-order valence-corrected chi connectivity index (χ0v) is 16.0. The van der Waals surface area contributed by atoms with Crippen molar-refractivity contribution in [3.63, 3.8) is 0 Å². The van der Waals surface area contributed by atoms with E-state index in [4.69, 9.17) is 0 Å². The molecular weight excluding hydrogens is 380 g/mol. The molecule has 11 heteroatoms. The fraction of sp³-hybridized carbons (Fsp3) is 0.286. The number of nitrogens with zero attached hydrogens (tertiary/aromatic N) is 6. The molecule has 8 nitrogen and oxygen atoms in total. The van der Waals surface area contributed by atoms with Crippen molar-refractivity contribution in [2.75, 3.05) is 0 Å². The topological polar surface area (TPSA) is 94.5 Å². The van der Waals surface area contributed by atoms with Gasteiger partial charge in [0.25, 0.3) is 11.1 Å². The molecule has 0 radical (unpaired) electrons. The normalized spacial score (nSPS) is 11.6. The Morgan fingerprint density at radius 1 is 1.04 bits per heavy atom. The summed E-state index contributed by atoms with van der Waals surface area (Å²) in [5.74, 6) is 0. The molecule has 128 valence electrons. The van der Waals surface area contributed by atoms with Crippen LogP contribution >= 0.6 is 34.4 Å². The van der Waals surface area contributed by atoms with Crippen molar-refractivity contribution in [3.8, 4) is 0 Å².